The van der Waals surface area contributed by atoms with Crippen molar-refractivity contribution in [3.63, 3.8) is 0 Å². The summed E-state index contributed by atoms with van der Waals surface area (Å²) in [5.74, 6) is 2.62. The van der Waals surface area contributed by atoms with E-state index in [1.165, 1.54) is 16.7 Å². The van der Waals surface area contributed by atoms with Crippen LogP contribution in [0.4, 0.5) is 22.4 Å². The summed E-state index contributed by atoms with van der Waals surface area (Å²) in [5, 5.41) is 0. The fraction of sp³-hybridized carbons (Fsp3) is 0.607. The monoisotopic (exact) mass is 507 g/mol. The van der Waals surface area contributed by atoms with Crippen molar-refractivity contribution >= 4 is 23.7 Å². The van der Waals surface area contributed by atoms with E-state index in [1.54, 1.807) is 0 Å². The molecule has 0 aliphatic carbocycles. The molecule has 200 valence electrons. The van der Waals surface area contributed by atoms with Gasteiger partial charge in [-0.25, -0.2) is 4.79 Å². The molecule has 3 aliphatic rings. The number of nitrogen functional groups attached to an aromatic ring is 1. The van der Waals surface area contributed by atoms with E-state index in [4.69, 9.17) is 10.5 Å². The van der Waals surface area contributed by atoms with Gasteiger partial charge >= 0.3 is 6.09 Å². The number of carbonyl (C=O) groups excluding carboxylic acids is 1. The summed E-state index contributed by atoms with van der Waals surface area (Å²) in [6.07, 6.45) is 2.62. The Kier molecular flexibility index (Phi) is 7.42. The molecular formula is C28H41N7O2. The second-order valence-electron chi connectivity index (χ2n) is 11.1. The smallest absolute Gasteiger partial charge is 0.410 e. The van der Waals surface area contributed by atoms with E-state index in [0.29, 0.717) is 17.9 Å². The molecule has 0 saturated carbocycles. The molecule has 1 unspecified atom stereocenters. The van der Waals surface area contributed by atoms with Gasteiger partial charge in [0.25, 0.3) is 0 Å². The minimum absolute atomic E-state index is 0.0842. The number of amides is 1. The molecule has 2 N–H and O–H groups in total. The number of nitrogens with two attached hydrogens (primary N) is 1. The highest BCUT2D eigenvalue weighted by molar-refractivity contribution is 5.68. The average molecular weight is 508 g/mol. The van der Waals surface area contributed by atoms with Crippen LogP contribution in [0.25, 0.3) is 0 Å². The van der Waals surface area contributed by atoms with Crippen molar-refractivity contribution in [3.05, 3.63) is 41.0 Å². The van der Waals surface area contributed by atoms with Crippen molar-refractivity contribution in [2.24, 2.45) is 0 Å². The number of rotatable bonds is 4. The largest absolute Gasteiger partial charge is 0.447 e. The van der Waals surface area contributed by atoms with Gasteiger partial charge in [0, 0.05) is 57.9 Å². The van der Waals surface area contributed by atoms with Crippen LogP contribution < -0.4 is 15.5 Å². The molecule has 1 amide bonds. The van der Waals surface area contributed by atoms with Crippen LogP contribution in [-0.4, -0.2) is 84.3 Å². The summed E-state index contributed by atoms with van der Waals surface area (Å²) >= 11 is 0. The quantitative estimate of drug-likeness (QED) is 0.673. The first-order chi connectivity index (χ1) is 17.8. The molecule has 0 bridgehead atoms. The van der Waals surface area contributed by atoms with Crippen LogP contribution in [0.3, 0.4) is 0 Å². The normalized spacial score (nSPS) is 21.3. The number of ether oxygens (including phenoxy) is 1. The summed E-state index contributed by atoms with van der Waals surface area (Å²) in [5.41, 5.74) is 10.3. The Morgan fingerprint density at radius 1 is 1.00 bits per heavy atom. The van der Waals surface area contributed by atoms with Crippen molar-refractivity contribution in [2.45, 2.75) is 64.6 Å². The van der Waals surface area contributed by atoms with Gasteiger partial charge in [0.05, 0.1) is 6.10 Å². The van der Waals surface area contributed by atoms with Gasteiger partial charge in [0.2, 0.25) is 5.95 Å². The van der Waals surface area contributed by atoms with Crippen molar-refractivity contribution in [1.82, 2.24) is 19.8 Å². The number of hydrogen-bond donors (Lipinski definition) is 1. The fourth-order valence-corrected chi connectivity index (χ4v) is 5.78. The zero-order chi connectivity index (χ0) is 26.1. The third-order valence-electron chi connectivity index (χ3n) is 8.02. The zero-order valence-corrected chi connectivity index (χ0v) is 22.7. The first-order valence-electron chi connectivity index (χ1n) is 13.7. The highest BCUT2D eigenvalue weighted by atomic mass is 16.6. The number of carbonyl (C=O) groups is 1. The molecular weight excluding hydrogens is 466 g/mol. The number of aromatic nitrogens is 2. The average Bonchev–Trinajstić information content (AvgIpc) is 2.88. The van der Waals surface area contributed by atoms with Gasteiger partial charge in [-0.1, -0.05) is 18.2 Å². The third kappa shape index (κ3) is 5.76. The van der Waals surface area contributed by atoms with Crippen LogP contribution in [0, 0.1) is 0 Å². The Bertz CT molecular complexity index is 1110. The fourth-order valence-electron chi connectivity index (χ4n) is 5.78. The van der Waals surface area contributed by atoms with E-state index >= 15 is 0 Å². The highest BCUT2D eigenvalue weighted by Gasteiger charge is 2.29. The second kappa shape index (κ2) is 10.7. The van der Waals surface area contributed by atoms with Crippen molar-refractivity contribution < 1.29 is 9.53 Å². The van der Waals surface area contributed by atoms with Gasteiger partial charge in [0.1, 0.15) is 11.6 Å². The number of piperazine rings is 1. The van der Waals surface area contributed by atoms with Crippen LogP contribution in [0.15, 0.2) is 24.3 Å². The van der Waals surface area contributed by atoms with Crippen molar-refractivity contribution in [3.8, 4) is 0 Å². The third-order valence-corrected chi connectivity index (χ3v) is 8.02. The van der Waals surface area contributed by atoms with Crippen LogP contribution in [0.1, 0.15) is 56.2 Å². The molecule has 3 aliphatic heterocycles. The number of fused-ring (bicyclic) bond motifs is 1. The lowest BCUT2D eigenvalue weighted by molar-refractivity contribution is 0.0692. The Balaban J connectivity index is 1.30. The highest BCUT2D eigenvalue weighted by Crippen LogP contribution is 2.34. The van der Waals surface area contributed by atoms with E-state index in [1.807, 2.05) is 18.7 Å². The molecule has 2 saturated heterocycles. The van der Waals surface area contributed by atoms with Gasteiger partial charge in [-0.3, -0.25) is 0 Å². The molecule has 2 aromatic rings. The summed E-state index contributed by atoms with van der Waals surface area (Å²) in [7, 11) is 2.16. The Labute approximate surface area is 220 Å². The lowest BCUT2D eigenvalue weighted by Gasteiger charge is -2.38. The Morgan fingerprint density at radius 2 is 1.70 bits per heavy atom. The lowest BCUT2D eigenvalue weighted by Crippen LogP contribution is -2.45. The van der Waals surface area contributed by atoms with E-state index in [9.17, 15) is 4.79 Å². The molecule has 37 heavy (non-hydrogen) atoms. The predicted octanol–water partition coefficient (Wildman–Crippen LogP) is 3.49. The molecule has 9 heteroatoms. The van der Waals surface area contributed by atoms with E-state index in [2.05, 4.69) is 62.9 Å². The predicted molar refractivity (Wildman–Crippen MR) is 147 cm³/mol. The maximum absolute atomic E-state index is 12.3. The first kappa shape index (κ1) is 25.6. The topological polar surface area (TPSA) is 91.1 Å². The summed E-state index contributed by atoms with van der Waals surface area (Å²) < 4.78 is 5.39. The molecule has 9 nitrogen and oxygen atoms in total. The minimum atomic E-state index is -0.191. The number of anilines is 3. The first-order valence-corrected chi connectivity index (χ1v) is 13.7. The molecule has 5 rings (SSSR count). The number of likely N-dealkylation sites (tertiary alicyclic amines) is 1. The number of piperidine rings is 1. The number of nitrogens with zero attached hydrogens (tertiary/aromatic N) is 6. The summed E-state index contributed by atoms with van der Waals surface area (Å²) in [4.78, 5) is 30.4. The molecule has 0 radical (unpaired) electrons. The number of hydrogen-bond acceptors (Lipinski definition) is 8. The van der Waals surface area contributed by atoms with Crippen LogP contribution in [0.5, 0.6) is 0 Å². The van der Waals surface area contributed by atoms with Gasteiger partial charge < -0.3 is 30.1 Å². The number of benzene rings is 1. The van der Waals surface area contributed by atoms with Crippen LogP contribution >= 0.6 is 0 Å². The van der Waals surface area contributed by atoms with Crippen LogP contribution in [-0.2, 0) is 17.7 Å². The van der Waals surface area contributed by atoms with Crippen molar-refractivity contribution in [2.75, 3.05) is 61.8 Å². The maximum Gasteiger partial charge on any atom is 0.410 e. The van der Waals surface area contributed by atoms with Gasteiger partial charge in [-0.2, -0.15) is 9.97 Å². The number of likely N-dealkylation sites (N-methyl/N-ethyl adjacent to an activating group) is 1. The van der Waals surface area contributed by atoms with Gasteiger partial charge in [0.15, 0.2) is 0 Å². The van der Waals surface area contributed by atoms with Crippen LogP contribution in [0.2, 0.25) is 0 Å². The van der Waals surface area contributed by atoms with E-state index in [0.717, 1.165) is 76.7 Å². The maximum atomic E-state index is 12.3. The molecule has 0 spiro atoms. The zero-order valence-electron chi connectivity index (χ0n) is 22.7. The second-order valence-corrected chi connectivity index (χ2v) is 11.1. The lowest BCUT2D eigenvalue weighted by atomic mass is 9.85. The van der Waals surface area contributed by atoms with E-state index in [-0.39, 0.29) is 12.2 Å². The molecule has 1 aromatic carbocycles. The Hall–Kier alpha value is -3.07. The minimum Gasteiger partial charge on any atom is -0.447 e. The molecule has 1 aromatic heterocycles. The SMILES string of the molecule is CC(C)OC(=O)N1CCC(c2ccc3c(c2)CN(c2cc(N4CCN(C)CC4)nc(N)n2)C(C)C3)CC1. The summed E-state index contributed by atoms with van der Waals surface area (Å²) in [6, 6.07) is 9.42. The van der Waals surface area contributed by atoms with Crippen molar-refractivity contribution in [1.29, 1.82) is 0 Å². The van der Waals surface area contributed by atoms with E-state index < -0.39 is 0 Å². The van der Waals surface area contributed by atoms with Gasteiger partial charge in [-0.05, 0) is 69.7 Å². The molecule has 4 heterocycles. The molecule has 1 atom stereocenters. The van der Waals surface area contributed by atoms with Gasteiger partial charge in [-0.15, -0.1) is 0 Å². The summed E-state index contributed by atoms with van der Waals surface area (Å²) in [6.45, 7) is 12.3. The Morgan fingerprint density at radius 3 is 2.41 bits per heavy atom. The molecule has 2 fully saturated rings. The standard InChI is InChI=1S/C28H41N7O2/c1-19(2)37-28(36)34-9-7-21(8-10-34)23-6-5-22-15-20(3)35(18-24(22)16-23)26-17-25(30-27(29)31-26)33-13-11-32(4)12-14-33/h5-6,16-17,19-21H,7-15,18H2,1-4H3,(H2,29,30,31).